The Kier molecular flexibility index (Phi) is 4.85. The van der Waals surface area contributed by atoms with Gasteiger partial charge in [0.2, 0.25) is 0 Å². The van der Waals surface area contributed by atoms with Gasteiger partial charge < -0.3 is 19.7 Å². The second-order valence-electron chi connectivity index (χ2n) is 6.52. The Morgan fingerprint density at radius 3 is 2.67 bits per heavy atom. The van der Waals surface area contributed by atoms with Crippen LogP contribution in [0.2, 0.25) is 5.02 Å². The quantitative estimate of drug-likeness (QED) is 0.754. The lowest BCUT2D eigenvalue weighted by atomic mass is 10.3. The van der Waals surface area contributed by atoms with E-state index in [-0.39, 0.29) is 6.03 Å². The van der Waals surface area contributed by atoms with Gasteiger partial charge in [-0.15, -0.1) is 0 Å². The van der Waals surface area contributed by atoms with E-state index in [1.807, 2.05) is 52.9 Å². The lowest BCUT2D eigenvalue weighted by Crippen LogP contribution is -2.52. The van der Waals surface area contributed by atoms with E-state index < -0.39 is 0 Å². The second kappa shape index (κ2) is 7.44. The molecule has 0 atom stereocenters. The number of para-hydroxylation sites is 1. The zero-order valence-corrected chi connectivity index (χ0v) is 15.9. The number of rotatable bonds is 3. The molecule has 1 N–H and O–H groups in total. The van der Waals surface area contributed by atoms with Gasteiger partial charge in [0.15, 0.2) is 0 Å². The highest BCUT2D eigenvalue weighted by Gasteiger charge is 2.22. The van der Waals surface area contributed by atoms with Crippen molar-refractivity contribution >= 4 is 34.5 Å². The zero-order valence-electron chi connectivity index (χ0n) is 15.1. The predicted octanol–water partition coefficient (Wildman–Crippen LogP) is 2.65. The SMILES string of the molecule is Cn1c(CNC(=O)N2CCN(c3ccccn3)CC2)nc2cccc(Cl)c21. The summed E-state index contributed by atoms with van der Waals surface area (Å²) in [6.45, 7) is 3.23. The number of hydrogen-bond donors (Lipinski definition) is 1. The molecule has 4 rings (SSSR count). The van der Waals surface area contributed by atoms with E-state index in [1.54, 1.807) is 6.20 Å². The minimum absolute atomic E-state index is 0.0752. The Morgan fingerprint density at radius 1 is 1.15 bits per heavy atom. The molecule has 8 heteroatoms. The Hall–Kier alpha value is -2.80. The van der Waals surface area contributed by atoms with Crippen molar-refractivity contribution in [2.45, 2.75) is 6.54 Å². The van der Waals surface area contributed by atoms with Crippen molar-refractivity contribution in [1.29, 1.82) is 0 Å². The largest absolute Gasteiger partial charge is 0.353 e. The fraction of sp³-hybridized carbons (Fsp3) is 0.316. The molecule has 1 fully saturated rings. The number of aryl methyl sites for hydroxylation is 1. The average molecular weight is 385 g/mol. The highest BCUT2D eigenvalue weighted by molar-refractivity contribution is 6.35. The molecule has 0 bridgehead atoms. The maximum absolute atomic E-state index is 12.5. The van der Waals surface area contributed by atoms with Gasteiger partial charge in [-0.3, -0.25) is 0 Å². The van der Waals surface area contributed by atoms with Crippen LogP contribution in [0.15, 0.2) is 42.6 Å². The third-order valence-electron chi connectivity index (χ3n) is 4.88. The molecule has 1 aliphatic rings. The minimum Gasteiger partial charge on any atom is -0.353 e. The maximum Gasteiger partial charge on any atom is 0.317 e. The number of halogens is 1. The van der Waals surface area contributed by atoms with Gasteiger partial charge in [-0.05, 0) is 24.3 Å². The first kappa shape index (κ1) is 17.6. The van der Waals surface area contributed by atoms with Crippen molar-refractivity contribution in [2.75, 3.05) is 31.1 Å². The molecule has 27 heavy (non-hydrogen) atoms. The number of carbonyl (C=O) groups is 1. The summed E-state index contributed by atoms with van der Waals surface area (Å²) < 4.78 is 1.93. The van der Waals surface area contributed by atoms with Crippen LogP contribution in [0.25, 0.3) is 11.0 Å². The number of amides is 2. The topological polar surface area (TPSA) is 66.3 Å². The van der Waals surface area contributed by atoms with Gasteiger partial charge in [0.05, 0.1) is 22.6 Å². The second-order valence-corrected chi connectivity index (χ2v) is 6.92. The number of hydrogen-bond acceptors (Lipinski definition) is 4. The fourth-order valence-corrected chi connectivity index (χ4v) is 3.67. The minimum atomic E-state index is -0.0752. The number of benzene rings is 1. The number of urea groups is 1. The molecule has 1 aromatic carbocycles. The molecule has 0 aliphatic carbocycles. The summed E-state index contributed by atoms with van der Waals surface area (Å²) in [5.41, 5.74) is 1.71. The lowest BCUT2D eigenvalue weighted by molar-refractivity contribution is 0.193. The first-order chi connectivity index (χ1) is 13.1. The molecular weight excluding hydrogens is 364 g/mol. The number of anilines is 1. The molecule has 3 aromatic rings. The first-order valence-electron chi connectivity index (χ1n) is 8.92. The van der Waals surface area contributed by atoms with Gasteiger partial charge in [0.1, 0.15) is 11.6 Å². The van der Waals surface area contributed by atoms with Crippen LogP contribution in [-0.4, -0.2) is 51.6 Å². The van der Waals surface area contributed by atoms with Gasteiger partial charge in [0.25, 0.3) is 0 Å². The summed E-state index contributed by atoms with van der Waals surface area (Å²) in [6.07, 6.45) is 1.79. The molecule has 7 nitrogen and oxygen atoms in total. The molecule has 0 radical (unpaired) electrons. The van der Waals surface area contributed by atoms with Crippen molar-refractivity contribution in [3.05, 3.63) is 53.4 Å². The molecule has 2 amide bonds. The van der Waals surface area contributed by atoms with Crippen molar-refractivity contribution in [2.24, 2.45) is 7.05 Å². The monoisotopic (exact) mass is 384 g/mol. The van der Waals surface area contributed by atoms with E-state index in [0.717, 1.165) is 35.8 Å². The van der Waals surface area contributed by atoms with Crippen molar-refractivity contribution in [1.82, 2.24) is 24.8 Å². The van der Waals surface area contributed by atoms with Gasteiger partial charge in [-0.2, -0.15) is 0 Å². The van der Waals surface area contributed by atoms with Crippen LogP contribution in [0.4, 0.5) is 10.6 Å². The Morgan fingerprint density at radius 2 is 1.96 bits per heavy atom. The summed E-state index contributed by atoms with van der Waals surface area (Å²) in [4.78, 5) is 25.5. The molecule has 1 aliphatic heterocycles. The molecule has 0 saturated carbocycles. The van der Waals surface area contributed by atoms with Gasteiger partial charge in [-0.25, -0.2) is 14.8 Å². The van der Waals surface area contributed by atoms with E-state index in [9.17, 15) is 4.79 Å². The number of nitrogens with zero attached hydrogens (tertiary/aromatic N) is 5. The Bertz CT molecular complexity index is 949. The molecule has 1 saturated heterocycles. The van der Waals surface area contributed by atoms with E-state index in [2.05, 4.69) is 20.2 Å². The summed E-state index contributed by atoms with van der Waals surface area (Å²) in [6, 6.07) is 11.4. The number of fused-ring (bicyclic) bond motifs is 1. The summed E-state index contributed by atoms with van der Waals surface area (Å²) in [5.74, 6) is 1.73. The number of piperazine rings is 1. The van der Waals surface area contributed by atoms with Crippen LogP contribution in [0.1, 0.15) is 5.82 Å². The van der Waals surface area contributed by atoms with Gasteiger partial charge >= 0.3 is 6.03 Å². The number of pyridine rings is 1. The molecule has 2 aromatic heterocycles. The zero-order chi connectivity index (χ0) is 18.8. The third kappa shape index (κ3) is 3.55. The molecule has 0 unspecified atom stereocenters. The molecule has 0 spiro atoms. The molecule has 140 valence electrons. The number of carbonyl (C=O) groups excluding carboxylic acids is 1. The van der Waals surface area contributed by atoms with Crippen LogP contribution in [0.3, 0.4) is 0 Å². The summed E-state index contributed by atoms with van der Waals surface area (Å²) >= 11 is 6.26. The van der Waals surface area contributed by atoms with Crippen LogP contribution < -0.4 is 10.2 Å². The Labute approximate surface area is 162 Å². The fourth-order valence-electron chi connectivity index (χ4n) is 3.37. The van der Waals surface area contributed by atoms with Crippen LogP contribution >= 0.6 is 11.6 Å². The van der Waals surface area contributed by atoms with Crippen LogP contribution in [0.5, 0.6) is 0 Å². The number of imidazole rings is 1. The van der Waals surface area contributed by atoms with Crippen molar-refractivity contribution in [3.8, 4) is 0 Å². The lowest BCUT2D eigenvalue weighted by Gasteiger charge is -2.35. The first-order valence-corrected chi connectivity index (χ1v) is 9.30. The smallest absolute Gasteiger partial charge is 0.317 e. The average Bonchev–Trinajstić information content (AvgIpc) is 3.04. The van der Waals surface area contributed by atoms with E-state index >= 15 is 0 Å². The maximum atomic E-state index is 12.5. The number of aromatic nitrogens is 3. The summed E-state index contributed by atoms with van der Waals surface area (Å²) in [5, 5.41) is 3.63. The Balaban J connectivity index is 1.35. The highest BCUT2D eigenvalue weighted by Crippen LogP contribution is 2.23. The molecular formula is C19H21ClN6O. The van der Waals surface area contributed by atoms with Crippen molar-refractivity contribution in [3.63, 3.8) is 0 Å². The standard InChI is InChI=1S/C19H21ClN6O/c1-24-17(23-15-6-4-5-14(20)18(15)24)13-22-19(27)26-11-9-25(10-12-26)16-7-2-3-8-21-16/h2-8H,9-13H2,1H3,(H,22,27). The van der Waals surface area contributed by atoms with Crippen LogP contribution in [-0.2, 0) is 13.6 Å². The third-order valence-corrected chi connectivity index (χ3v) is 5.18. The number of nitrogens with one attached hydrogen (secondary N) is 1. The van der Waals surface area contributed by atoms with Gasteiger partial charge in [-0.1, -0.05) is 23.7 Å². The van der Waals surface area contributed by atoms with E-state index in [1.165, 1.54) is 0 Å². The van der Waals surface area contributed by atoms with E-state index in [0.29, 0.717) is 24.7 Å². The highest BCUT2D eigenvalue weighted by atomic mass is 35.5. The molecule has 3 heterocycles. The van der Waals surface area contributed by atoms with Gasteiger partial charge in [0, 0.05) is 39.4 Å². The van der Waals surface area contributed by atoms with Crippen LogP contribution in [0, 0.1) is 0 Å². The van der Waals surface area contributed by atoms with Crippen molar-refractivity contribution < 1.29 is 4.79 Å². The predicted molar refractivity (Wildman–Crippen MR) is 106 cm³/mol. The normalized spacial score (nSPS) is 14.6. The summed E-state index contributed by atoms with van der Waals surface area (Å²) in [7, 11) is 1.91. The van der Waals surface area contributed by atoms with E-state index in [4.69, 9.17) is 11.6 Å².